The van der Waals surface area contributed by atoms with Gasteiger partial charge in [-0.05, 0) is 13.3 Å². The van der Waals surface area contributed by atoms with E-state index in [0.717, 1.165) is 6.42 Å². The smallest absolute Gasteiger partial charge is 0.273 e. The summed E-state index contributed by atoms with van der Waals surface area (Å²) in [5.41, 5.74) is -0.0209. The maximum atomic E-state index is 12.6. The number of hydrogen-bond donors (Lipinski definition) is 1. The maximum Gasteiger partial charge on any atom is 0.273 e. The van der Waals surface area contributed by atoms with E-state index in [9.17, 15) is 9.18 Å². The van der Waals surface area contributed by atoms with Gasteiger partial charge in [0.25, 0.3) is 5.56 Å². The fourth-order valence-corrected chi connectivity index (χ4v) is 1.76. The molecule has 0 aromatic carbocycles. The fourth-order valence-electron chi connectivity index (χ4n) is 1.55. The Bertz CT molecular complexity index is 566. The molecule has 1 N–H and O–H groups in total. The van der Waals surface area contributed by atoms with E-state index in [1.54, 1.807) is 17.6 Å². The van der Waals surface area contributed by atoms with Crippen LogP contribution in [0.4, 0.5) is 4.39 Å². The predicted octanol–water partition coefficient (Wildman–Crippen LogP) is 3.10. The van der Waals surface area contributed by atoms with Crippen LogP contribution in [0.2, 0.25) is 5.02 Å². The van der Waals surface area contributed by atoms with Crippen LogP contribution in [0.5, 0.6) is 5.75 Å². The lowest BCUT2D eigenvalue weighted by Crippen LogP contribution is -2.24. The third-order valence-electron chi connectivity index (χ3n) is 2.56. The van der Waals surface area contributed by atoms with Gasteiger partial charge in [-0.1, -0.05) is 25.1 Å². The number of nitrogens with one attached hydrogen (secondary N) is 1. The van der Waals surface area contributed by atoms with Crippen molar-refractivity contribution in [1.29, 1.82) is 5.41 Å². The van der Waals surface area contributed by atoms with E-state index in [-0.39, 0.29) is 28.6 Å². The monoisotopic (exact) mass is 286 g/mol. The second-order valence-electron chi connectivity index (χ2n) is 4.09. The molecule has 19 heavy (non-hydrogen) atoms. The van der Waals surface area contributed by atoms with Crippen LogP contribution in [-0.2, 0) is 6.54 Å². The highest BCUT2D eigenvalue weighted by molar-refractivity contribution is 6.31. The Morgan fingerprint density at radius 2 is 2.26 bits per heavy atom. The molecule has 1 aromatic rings. The summed E-state index contributed by atoms with van der Waals surface area (Å²) in [6.07, 6.45) is 0.809. The molecule has 0 radical (unpaired) electrons. The van der Waals surface area contributed by atoms with Crippen molar-refractivity contribution in [2.45, 2.75) is 26.8 Å². The molecule has 0 aliphatic carbocycles. The van der Waals surface area contributed by atoms with Crippen molar-refractivity contribution in [3.05, 3.63) is 39.5 Å². The molecule has 1 rings (SSSR count). The van der Waals surface area contributed by atoms with Crippen LogP contribution in [0.15, 0.2) is 23.3 Å². The van der Waals surface area contributed by atoms with Crippen molar-refractivity contribution < 1.29 is 9.13 Å². The van der Waals surface area contributed by atoms with Crippen LogP contribution in [0, 0.1) is 12.3 Å². The van der Waals surface area contributed by atoms with E-state index >= 15 is 0 Å². The summed E-state index contributed by atoms with van der Waals surface area (Å²) in [6, 6.07) is 1.60. The molecule has 0 aliphatic rings. The summed E-state index contributed by atoms with van der Waals surface area (Å²) in [6.45, 7) is 6.97. The first kappa shape index (κ1) is 15.4. The summed E-state index contributed by atoms with van der Waals surface area (Å²) < 4.78 is 19.4. The molecule has 0 aliphatic heterocycles. The Morgan fingerprint density at radius 3 is 2.79 bits per heavy atom. The van der Waals surface area contributed by atoms with Crippen molar-refractivity contribution in [2.24, 2.45) is 0 Å². The Kier molecular flexibility index (Phi) is 5.30. The van der Waals surface area contributed by atoms with Gasteiger partial charge in [0, 0.05) is 18.3 Å². The minimum absolute atomic E-state index is 0.0590. The molecule has 0 amide bonds. The van der Waals surface area contributed by atoms with Gasteiger partial charge in [-0.3, -0.25) is 10.2 Å². The fraction of sp³-hybridized carbons (Fsp3) is 0.385. The van der Waals surface area contributed by atoms with Crippen molar-refractivity contribution in [3.63, 3.8) is 0 Å². The Balaban J connectivity index is 3.01. The topological polar surface area (TPSA) is 55.1 Å². The number of rotatable bonds is 6. The molecule has 104 valence electrons. The number of pyridine rings is 1. The average Bonchev–Trinajstić information content (AvgIpc) is 2.36. The van der Waals surface area contributed by atoms with E-state index in [4.69, 9.17) is 21.7 Å². The van der Waals surface area contributed by atoms with Crippen LogP contribution >= 0.6 is 11.6 Å². The van der Waals surface area contributed by atoms with Crippen molar-refractivity contribution in [1.82, 2.24) is 4.57 Å². The summed E-state index contributed by atoms with van der Waals surface area (Å²) in [5.74, 6) is -0.713. The van der Waals surface area contributed by atoms with Crippen molar-refractivity contribution in [2.75, 3.05) is 6.61 Å². The van der Waals surface area contributed by atoms with Crippen LogP contribution in [0.3, 0.4) is 0 Å². The lowest BCUT2D eigenvalue weighted by atomic mass is 10.3. The molecule has 4 nitrogen and oxygen atoms in total. The SMILES string of the molecule is C=C(F)C(=N)COc1cc(C)n(CCC)c(=O)c1Cl. The van der Waals surface area contributed by atoms with Gasteiger partial charge in [-0.15, -0.1) is 0 Å². The van der Waals surface area contributed by atoms with E-state index in [0.29, 0.717) is 12.2 Å². The number of hydrogen-bond acceptors (Lipinski definition) is 3. The largest absolute Gasteiger partial charge is 0.485 e. The number of ether oxygens (including phenoxy) is 1. The molecular formula is C13H16ClFN2O2. The quantitative estimate of drug-likeness (QED) is 0.817. The molecule has 0 atom stereocenters. The molecular weight excluding hydrogens is 271 g/mol. The van der Waals surface area contributed by atoms with Gasteiger partial charge in [0.1, 0.15) is 28.9 Å². The zero-order valence-electron chi connectivity index (χ0n) is 10.9. The Morgan fingerprint density at radius 1 is 1.63 bits per heavy atom. The molecule has 0 unspecified atom stereocenters. The zero-order chi connectivity index (χ0) is 14.6. The summed E-state index contributed by atoms with van der Waals surface area (Å²) >= 11 is 5.92. The van der Waals surface area contributed by atoms with E-state index in [1.165, 1.54) is 0 Å². The number of halogens is 2. The Hall–Kier alpha value is -1.62. The standard InChI is InChI=1S/C13H16ClFN2O2/c1-4-5-17-8(2)6-11(12(14)13(17)18)19-7-10(16)9(3)15/h6,16H,3-5,7H2,1-2H3. The van der Waals surface area contributed by atoms with Gasteiger partial charge < -0.3 is 9.30 Å². The molecule has 1 aromatic heterocycles. The summed E-state index contributed by atoms with van der Waals surface area (Å²) in [7, 11) is 0. The average molecular weight is 287 g/mol. The molecule has 0 saturated heterocycles. The summed E-state index contributed by atoms with van der Waals surface area (Å²) in [5, 5.41) is 7.19. The van der Waals surface area contributed by atoms with Crippen LogP contribution in [-0.4, -0.2) is 16.9 Å². The van der Waals surface area contributed by atoms with E-state index in [1.807, 2.05) is 6.92 Å². The lowest BCUT2D eigenvalue weighted by molar-refractivity contribution is 0.371. The van der Waals surface area contributed by atoms with Crippen LogP contribution in [0.25, 0.3) is 0 Å². The van der Waals surface area contributed by atoms with Gasteiger partial charge in [0.2, 0.25) is 0 Å². The number of aromatic nitrogens is 1. The first-order valence-corrected chi connectivity index (χ1v) is 6.21. The molecule has 0 saturated carbocycles. The normalized spacial score (nSPS) is 10.3. The second-order valence-corrected chi connectivity index (χ2v) is 4.47. The van der Waals surface area contributed by atoms with Gasteiger partial charge in [0.15, 0.2) is 0 Å². The Labute approximate surface area is 116 Å². The van der Waals surface area contributed by atoms with Crippen LogP contribution in [0.1, 0.15) is 19.0 Å². The molecule has 1 heterocycles. The number of aryl methyl sites for hydroxylation is 1. The summed E-state index contributed by atoms with van der Waals surface area (Å²) in [4.78, 5) is 12.0. The highest BCUT2D eigenvalue weighted by Crippen LogP contribution is 2.22. The first-order valence-electron chi connectivity index (χ1n) is 5.83. The van der Waals surface area contributed by atoms with Gasteiger partial charge in [0.05, 0.1) is 0 Å². The lowest BCUT2D eigenvalue weighted by Gasteiger charge is -2.13. The first-order chi connectivity index (χ1) is 8.88. The number of nitrogens with zero attached hydrogens (tertiary/aromatic N) is 1. The van der Waals surface area contributed by atoms with Crippen LogP contribution < -0.4 is 10.3 Å². The minimum atomic E-state index is -0.868. The molecule has 6 heteroatoms. The maximum absolute atomic E-state index is 12.6. The van der Waals surface area contributed by atoms with Gasteiger partial charge in [-0.2, -0.15) is 0 Å². The third kappa shape index (κ3) is 3.67. The van der Waals surface area contributed by atoms with E-state index in [2.05, 4.69) is 6.58 Å². The van der Waals surface area contributed by atoms with Gasteiger partial charge >= 0.3 is 0 Å². The molecule has 0 bridgehead atoms. The second kappa shape index (κ2) is 6.52. The minimum Gasteiger partial charge on any atom is -0.485 e. The van der Waals surface area contributed by atoms with Crippen molar-refractivity contribution in [3.8, 4) is 5.75 Å². The molecule has 0 fully saturated rings. The third-order valence-corrected chi connectivity index (χ3v) is 2.91. The van der Waals surface area contributed by atoms with E-state index < -0.39 is 5.83 Å². The van der Waals surface area contributed by atoms with Gasteiger partial charge in [-0.25, -0.2) is 4.39 Å². The zero-order valence-corrected chi connectivity index (χ0v) is 11.7. The molecule has 0 spiro atoms. The predicted molar refractivity (Wildman–Crippen MR) is 74.2 cm³/mol. The highest BCUT2D eigenvalue weighted by Gasteiger charge is 2.13. The van der Waals surface area contributed by atoms with Crippen molar-refractivity contribution >= 4 is 17.3 Å². The highest BCUT2D eigenvalue weighted by atomic mass is 35.5.